The number of aromatic nitrogens is 4. The first-order valence-electron chi connectivity index (χ1n) is 10.7. The summed E-state index contributed by atoms with van der Waals surface area (Å²) in [5.74, 6) is 1.36. The Morgan fingerprint density at radius 2 is 1.76 bits per heavy atom. The summed E-state index contributed by atoms with van der Waals surface area (Å²) in [7, 11) is 6.29. The van der Waals surface area contributed by atoms with E-state index in [-0.39, 0.29) is 29.3 Å². The predicted octanol–water partition coefficient (Wildman–Crippen LogP) is 1.44. The fourth-order valence-electron chi connectivity index (χ4n) is 4.13. The van der Waals surface area contributed by atoms with Crippen molar-refractivity contribution in [2.45, 2.75) is 32.4 Å². The third-order valence-corrected chi connectivity index (χ3v) is 5.91. The molecule has 0 N–H and O–H groups in total. The Balaban J connectivity index is 1.78. The highest BCUT2D eigenvalue weighted by Gasteiger charge is 2.31. The summed E-state index contributed by atoms with van der Waals surface area (Å²) in [6.45, 7) is 4.13. The SMILES string of the molecule is COC1=N[C@H](C(C)C)C(OC)=N[C@H]1Cc1ccc(-c2cn(C)c(=O)n(C)c2=O)c2nccn12. The third-order valence-electron chi connectivity index (χ3n) is 5.91. The van der Waals surface area contributed by atoms with E-state index in [2.05, 4.69) is 18.8 Å². The lowest BCUT2D eigenvalue weighted by molar-refractivity contribution is 0.332. The normalized spacial score (nSPS) is 18.4. The van der Waals surface area contributed by atoms with Crippen LogP contribution in [-0.4, -0.2) is 56.6 Å². The minimum absolute atomic E-state index is 0.183. The van der Waals surface area contributed by atoms with Crippen molar-refractivity contribution in [1.29, 1.82) is 0 Å². The van der Waals surface area contributed by atoms with Crippen LogP contribution in [0.2, 0.25) is 0 Å². The van der Waals surface area contributed by atoms with Crippen LogP contribution in [0.25, 0.3) is 16.8 Å². The third kappa shape index (κ3) is 3.85. The summed E-state index contributed by atoms with van der Waals surface area (Å²) in [6, 6.07) is 3.25. The molecule has 3 aromatic heterocycles. The Labute approximate surface area is 190 Å². The van der Waals surface area contributed by atoms with Crippen LogP contribution in [0.5, 0.6) is 0 Å². The van der Waals surface area contributed by atoms with Gasteiger partial charge >= 0.3 is 5.69 Å². The van der Waals surface area contributed by atoms with Gasteiger partial charge in [-0.05, 0) is 18.1 Å². The van der Waals surface area contributed by atoms with Crippen LogP contribution >= 0.6 is 0 Å². The maximum Gasteiger partial charge on any atom is 0.330 e. The molecule has 0 saturated carbocycles. The molecule has 1 aliphatic rings. The number of hydrogen-bond donors (Lipinski definition) is 0. The molecule has 3 aromatic rings. The van der Waals surface area contributed by atoms with Gasteiger partial charge in [-0.3, -0.25) is 9.36 Å². The molecule has 174 valence electrons. The van der Waals surface area contributed by atoms with Crippen LogP contribution in [0, 0.1) is 5.92 Å². The van der Waals surface area contributed by atoms with Gasteiger partial charge in [0.2, 0.25) is 11.8 Å². The number of ether oxygens (including phenoxy) is 2. The van der Waals surface area contributed by atoms with E-state index in [1.54, 1.807) is 33.7 Å². The average Bonchev–Trinajstić information content (AvgIpc) is 3.30. The van der Waals surface area contributed by atoms with E-state index in [4.69, 9.17) is 19.5 Å². The first kappa shape index (κ1) is 22.5. The molecule has 0 saturated heterocycles. The molecule has 0 bridgehead atoms. The lowest BCUT2D eigenvalue weighted by atomic mass is 10.0. The Kier molecular flexibility index (Phi) is 5.92. The van der Waals surface area contributed by atoms with Crippen LogP contribution in [0.3, 0.4) is 0 Å². The van der Waals surface area contributed by atoms with E-state index >= 15 is 0 Å². The van der Waals surface area contributed by atoms with Gasteiger partial charge in [0.15, 0.2) is 0 Å². The van der Waals surface area contributed by atoms with Crippen molar-refractivity contribution in [2.75, 3.05) is 14.2 Å². The second kappa shape index (κ2) is 8.68. The van der Waals surface area contributed by atoms with Gasteiger partial charge < -0.3 is 18.4 Å². The molecule has 33 heavy (non-hydrogen) atoms. The highest BCUT2D eigenvalue weighted by molar-refractivity contribution is 5.94. The molecule has 0 aliphatic carbocycles. The molecule has 10 nitrogen and oxygen atoms in total. The van der Waals surface area contributed by atoms with Crippen molar-refractivity contribution in [1.82, 2.24) is 18.5 Å². The Bertz CT molecular complexity index is 1380. The van der Waals surface area contributed by atoms with Crippen LogP contribution in [-0.2, 0) is 30.0 Å². The average molecular weight is 453 g/mol. The number of methoxy groups -OCH3 is 2. The van der Waals surface area contributed by atoms with Gasteiger partial charge in [-0.25, -0.2) is 19.8 Å². The van der Waals surface area contributed by atoms with Gasteiger partial charge in [-0.2, -0.15) is 0 Å². The Morgan fingerprint density at radius 3 is 2.42 bits per heavy atom. The van der Waals surface area contributed by atoms with Gasteiger partial charge in [0.05, 0.1) is 19.8 Å². The Morgan fingerprint density at radius 1 is 1.03 bits per heavy atom. The van der Waals surface area contributed by atoms with Crippen LogP contribution in [0.1, 0.15) is 19.5 Å². The number of aryl methyl sites for hydroxylation is 1. The van der Waals surface area contributed by atoms with Crippen molar-refractivity contribution in [3.63, 3.8) is 0 Å². The summed E-state index contributed by atoms with van der Waals surface area (Å²) in [4.78, 5) is 38.9. The number of aliphatic imine (C=N–C) groups is 2. The number of imidazole rings is 1. The first-order valence-corrected chi connectivity index (χ1v) is 10.7. The molecule has 4 rings (SSSR count). The summed E-state index contributed by atoms with van der Waals surface area (Å²) in [5, 5.41) is 0. The zero-order valence-corrected chi connectivity index (χ0v) is 19.6. The predicted molar refractivity (Wildman–Crippen MR) is 126 cm³/mol. The van der Waals surface area contributed by atoms with Crippen LogP contribution in [0.15, 0.2) is 50.3 Å². The molecule has 0 unspecified atom stereocenters. The second-order valence-corrected chi connectivity index (χ2v) is 8.41. The summed E-state index contributed by atoms with van der Waals surface area (Å²) in [5.41, 5.74) is 1.83. The van der Waals surface area contributed by atoms with Gasteiger partial charge in [0, 0.05) is 50.4 Å². The summed E-state index contributed by atoms with van der Waals surface area (Å²) in [6.07, 6.45) is 5.57. The minimum atomic E-state index is -0.380. The molecule has 0 spiro atoms. The molecule has 2 atom stereocenters. The van der Waals surface area contributed by atoms with Crippen LogP contribution in [0.4, 0.5) is 0 Å². The number of rotatable bonds is 4. The van der Waals surface area contributed by atoms with Crippen molar-refractivity contribution < 1.29 is 9.47 Å². The fourth-order valence-corrected chi connectivity index (χ4v) is 4.13. The highest BCUT2D eigenvalue weighted by Crippen LogP contribution is 2.24. The Hall–Kier alpha value is -3.69. The van der Waals surface area contributed by atoms with E-state index in [0.717, 1.165) is 10.3 Å². The van der Waals surface area contributed by atoms with E-state index < -0.39 is 0 Å². The molecular formula is C23H28N6O4. The van der Waals surface area contributed by atoms with Gasteiger partial charge in [-0.1, -0.05) is 13.8 Å². The summed E-state index contributed by atoms with van der Waals surface area (Å²) < 4.78 is 15.5. The quantitative estimate of drug-likeness (QED) is 0.596. The number of nitrogens with zero attached hydrogens (tertiary/aromatic N) is 6. The maximum atomic E-state index is 12.8. The van der Waals surface area contributed by atoms with Gasteiger partial charge in [0.1, 0.15) is 17.7 Å². The number of pyridine rings is 1. The monoisotopic (exact) mass is 452 g/mol. The number of fused-ring (bicyclic) bond motifs is 1. The largest absolute Gasteiger partial charge is 0.483 e. The molecule has 0 aromatic carbocycles. The molecular weight excluding hydrogens is 424 g/mol. The lowest BCUT2D eigenvalue weighted by Crippen LogP contribution is -2.38. The topological polar surface area (TPSA) is 104 Å². The smallest absolute Gasteiger partial charge is 0.330 e. The minimum Gasteiger partial charge on any atom is -0.483 e. The van der Waals surface area contributed by atoms with Gasteiger partial charge in [0.25, 0.3) is 5.56 Å². The maximum absolute atomic E-state index is 12.8. The van der Waals surface area contributed by atoms with Crippen LogP contribution < -0.4 is 11.2 Å². The molecule has 0 radical (unpaired) electrons. The van der Waals surface area contributed by atoms with E-state index in [9.17, 15) is 9.59 Å². The van der Waals surface area contributed by atoms with Crippen molar-refractivity contribution in [3.05, 3.63) is 57.3 Å². The van der Waals surface area contributed by atoms with Crippen molar-refractivity contribution >= 4 is 17.4 Å². The molecule has 1 aliphatic heterocycles. The molecule has 4 heterocycles. The fraction of sp³-hybridized carbons (Fsp3) is 0.435. The standard InChI is InChI=1S/C23H28N6O4/c1-13(2)18-21(33-6)25-17(20(26-18)32-5)11-14-7-8-15(19-24-9-10-29(14)19)16-12-27(3)23(31)28(4)22(16)30/h7-10,12-13,17-18H,11H2,1-6H3/t17-,18+/m0/s1. The molecule has 10 heteroatoms. The first-order chi connectivity index (χ1) is 15.8. The van der Waals surface area contributed by atoms with Crippen molar-refractivity contribution in [2.24, 2.45) is 30.0 Å². The van der Waals surface area contributed by atoms with E-state index in [1.165, 1.54) is 11.6 Å². The summed E-state index contributed by atoms with van der Waals surface area (Å²) >= 11 is 0. The van der Waals surface area contributed by atoms with Gasteiger partial charge in [-0.15, -0.1) is 0 Å². The lowest BCUT2D eigenvalue weighted by Gasteiger charge is -2.27. The highest BCUT2D eigenvalue weighted by atomic mass is 16.5. The number of hydrogen-bond acceptors (Lipinski definition) is 7. The second-order valence-electron chi connectivity index (χ2n) is 8.41. The van der Waals surface area contributed by atoms with E-state index in [1.807, 2.05) is 22.7 Å². The molecule has 0 fully saturated rings. The van der Waals surface area contributed by atoms with E-state index in [0.29, 0.717) is 35.0 Å². The zero-order chi connectivity index (χ0) is 23.9. The molecule has 0 amide bonds. The van der Waals surface area contributed by atoms with Crippen molar-refractivity contribution in [3.8, 4) is 11.1 Å². The zero-order valence-electron chi connectivity index (χ0n) is 19.6.